The number of thioether (sulfide) groups is 1. The fourth-order valence-electron chi connectivity index (χ4n) is 5.68. The van der Waals surface area contributed by atoms with Gasteiger partial charge in [0.25, 0.3) is 0 Å². The predicted octanol–water partition coefficient (Wildman–Crippen LogP) is 2.79. The number of amides is 3. The number of hydrogen-bond acceptors (Lipinski definition) is 6. The Labute approximate surface area is 219 Å². The highest BCUT2D eigenvalue weighted by Gasteiger charge is 2.75. The quantitative estimate of drug-likeness (QED) is 0.417. The third-order valence-corrected chi connectivity index (χ3v) is 10.0. The van der Waals surface area contributed by atoms with Crippen molar-refractivity contribution in [2.24, 2.45) is 11.8 Å². The maximum atomic E-state index is 13.8. The van der Waals surface area contributed by atoms with Crippen molar-refractivity contribution in [3.05, 3.63) is 24.3 Å². The number of carbonyl (C=O) groups is 3. The van der Waals surface area contributed by atoms with E-state index in [0.717, 1.165) is 5.75 Å². The molecule has 3 aliphatic rings. The second-order valence-electron chi connectivity index (χ2n) is 10.5. The van der Waals surface area contributed by atoms with Crippen molar-refractivity contribution in [1.82, 2.24) is 10.2 Å². The molecule has 192 valence electrons. The number of likely N-dealkylation sites (tertiary alicyclic amines) is 1. The van der Waals surface area contributed by atoms with Crippen LogP contribution in [0.4, 0.5) is 5.69 Å². The van der Waals surface area contributed by atoms with Crippen LogP contribution >= 0.6 is 27.7 Å². The highest BCUT2D eigenvalue weighted by molar-refractivity contribution is 9.09. The molecule has 3 saturated heterocycles. The van der Waals surface area contributed by atoms with Gasteiger partial charge in [-0.3, -0.25) is 14.4 Å². The van der Waals surface area contributed by atoms with Gasteiger partial charge in [-0.05, 0) is 64.8 Å². The number of benzene rings is 1. The first-order valence-electron chi connectivity index (χ1n) is 12.1. The molecule has 1 spiro atoms. The summed E-state index contributed by atoms with van der Waals surface area (Å²) in [5.74, 6) is -1.03. The van der Waals surface area contributed by atoms with E-state index in [2.05, 4.69) is 26.6 Å². The van der Waals surface area contributed by atoms with Crippen LogP contribution in [0.2, 0.25) is 0 Å². The van der Waals surface area contributed by atoms with Gasteiger partial charge in [-0.25, -0.2) is 0 Å². The van der Waals surface area contributed by atoms with E-state index in [-0.39, 0.29) is 41.0 Å². The van der Waals surface area contributed by atoms with Crippen LogP contribution in [0.15, 0.2) is 24.3 Å². The first-order chi connectivity index (χ1) is 16.5. The minimum atomic E-state index is -0.693. The SMILES string of the molecule is CCOc1ccc(NC(=O)[C@H]2[C@H]3C(=O)N(CCCO)C(C(=O)NC(C)(C)C)C34CC(Br)[C@@H]2S4)cc1. The summed E-state index contributed by atoms with van der Waals surface area (Å²) in [5, 5.41) is 15.4. The molecule has 3 amide bonds. The Morgan fingerprint density at radius 1 is 1.26 bits per heavy atom. The Morgan fingerprint density at radius 3 is 2.54 bits per heavy atom. The van der Waals surface area contributed by atoms with Crippen LogP contribution in [0.1, 0.15) is 40.5 Å². The Kier molecular flexibility index (Phi) is 7.46. The van der Waals surface area contributed by atoms with E-state index in [0.29, 0.717) is 25.1 Å². The lowest BCUT2D eigenvalue weighted by Crippen LogP contribution is -2.57. The summed E-state index contributed by atoms with van der Waals surface area (Å²) in [6, 6.07) is 6.48. The second-order valence-corrected chi connectivity index (χ2v) is 13.2. The average Bonchev–Trinajstić information content (AvgIpc) is 3.36. The van der Waals surface area contributed by atoms with Gasteiger partial charge >= 0.3 is 0 Å². The molecule has 35 heavy (non-hydrogen) atoms. The largest absolute Gasteiger partial charge is 0.494 e. The number of fused-ring (bicyclic) bond motifs is 1. The van der Waals surface area contributed by atoms with E-state index in [9.17, 15) is 19.5 Å². The number of halogens is 1. The van der Waals surface area contributed by atoms with Crippen molar-refractivity contribution in [1.29, 1.82) is 0 Å². The maximum absolute atomic E-state index is 13.8. The van der Waals surface area contributed by atoms with Crippen molar-refractivity contribution < 1.29 is 24.2 Å². The minimum Gasteiger partial charge on any atom is -0.494 e. The van der Waals surface area contributed by atoms with Crippen LogP contribution in [0.25, 0.3) is 0 Å². The fourth-order valence-corrected chi connectivity index (χ4v) is 9.29. The zero-order valence-corrected chi connectivity index (χ0v) is 22.9. The molecule has 0 radical (unpaired) electrons. The Bertz CT molecular complexity index is 984. The van der Waals surface area contributed by atoms with Crippen LogP contribution in [-0.4, -0.2) is 73.9 Å². The number of nitrogens with zero attached hydrogens (tertiary/aromatic N) is 1. The molecule has 4 rings (SSSR count). The van der Waals surface area contributed by atoms with Crippen LogP contribution < -0.4 is 15.4 Å². The van der Waals surface area contributed by atoms with E-state index in [1.807, 2.05) is 27.7 Å². The molecule has 8 nitrogen and oxygen atoms in total. The fraction of sp³-hybridized carbons (Fsp3) is 0.640. The lowest BCUT2D eigenvalue weighted by Gasteiger charge is -2.36. The summed E-state index contributed by atoms with van der Waals surface area (Å²) in [6.07, 6.45) is 1.01. The number of hydrogen-bond donors (Lipinski definition) is 3. The van der Waals surface area contributed by atoms with E-state index < -0.39 is 28.2 Å². The number of ether oxygens (including phenoxy) is 1. The molecule has 3 unspecified atom stereocenters. The Hall–Kier alpha value is -1.78. The minimum absolute atomic E-state index is 0.00959. The van der Waals surface area contributed by atoms with Crippen molar-refractivity contribution in [3.8, 4) is 5.75 Å². The topological polar surface area (TPSA) is 108 Å². The molecule has 2 bridgehead atoms. The molecular weight excluding hydrogens is 534 g/mol. The van der Waals surface area contributed by atoms with Crippen molar-refractivity contribution in [3.63, 3.8) is 0 Å². The first kappa shape index (κ1) is 26.3. The summed E-state index contributed by atoms with van der Waals surface area (Å²) in [7, 11) is 0. The number of anilines is 1. The molecule has 3 heterocycles. The zero-order chi connectivity index (χ0) is 25.5. The number of carbonyl (C=O) groups excluding carboxylic acids is 3. The Balaban J connectivity index is 1.64. The van der Waals surface area contributed by atoms with Gasteiger partial charge in [0.15, 0.2) is 0 Å². The van der Waals surface area contributed by atoms with Crippen molar-refractivity contribution >= 4 is 51.1 Å². The number of nitrogens with one attached hydrogen (secondary N) is 2. The molecule has 0 aromatic heterocycles. The zero-order valence-electron chi connectivity index (χ0n) is 20.5. The standard InChI is InChI=1S/C25H34BrN3O5S/c1-5-34-15-9-7-14(8-10-15)27-21(31)17-18-23(33)29(11-6-12-30)20(22(32)28-24(2,3)4)25(18)13-16(26)19(17)35-25/h7-10,16-20,30H,5-6,11-13H2,1-4H3,(H,27,31)(H,28,32)/t16?,17-,18-,19-,20?,25?/m0/s1. The normalized spacial score (nSPS) is 31.4. The number of alkyl halides is 1. The predicted molar refractivity (Wildman–Crippen MR) is 140 cm³/mol. The Morgan fingerprint density at radius 2 is 1.94 bits per heavy atom. The molecule has 1 aromatic carbocycles. The molecule has 6 atom stereocenters. The van der Waals surface area contributed by atoms with Crippen LogP contribution in [0.5, 0.6) is 5.75 Å². The summed E-state index contributed by atoms with van der Waals surface area (Å²) in [6.45, 7) is 8.40. The van der Waals surface area contributed by atoms with E-state index in [4.69, 9.17) is 4.74 Å². The van der Waals surface area contributed by atoms with Gasteiger partial charge in [0.2, 0.25) is 17.7 Å². The number of aliphatic hydroxyl groups is 1. The second kappa shape index (κ2) is 9.94. The van der Waals surface area contributed by atoms with Crippen molar-refractivity contribution in [2.45, 2.75) is 66.9 Å². The van der Waals surface area contributed by atoms with Gasteiger partial charge < -0.3 is 25.4 Å². The lowest BCUT2D eigenvalue weighted by molar-refractivity contribution is -0.139. The molecule has 3 N–H and O–H groups in total. The van der Waals surface area contributed by atoms with E-state index >= 15 is 0 Å². The lowest BCUT2D eigenvalue weighted by atomic mass is 9.70. The smallest absolute Gasteiger partial charge is 0.244 e. The van der Waals surface area contributed by atoms with Crippen LogP contribution in [0.3, 0.4) is 0 Å². The van der Waals surface area contributed by atoms with Crippen LogP contribution in [0, 0.1) is 11.8 Å². The van der Waals surface area contributed by atoms with Gasteiger partial charge in [0, 0.05) is 34.5 Å². The average molecular weight is 569 g/mol. The summed E-state index contributed by atoms with van der Waals surface area (Å²) in [5.41, 5.74) is 0.174. The van der Waals surface area contributed by atoms with Gasteiger partial charge in [-0.2, -0.15) is 0 Å². The van der Waals surface area contributed by atoms with E-state index in [1.54, 1.807) is 40.9 Å². The monoisotopic (exact) mass is 567 g/mol. The maximum Gasteiger partial charge on any atom is 0.244 e. The van der Waals surface area contributed by atoms with Gasteiger partial charge in [0.05, 0.1) is 23.2 Å². The van der Waals surface area contributed by atoms with E-state index in [1.165, 1.54) is 0 Å². The first-order valence-corrected chi connectivity index (χ1v) is 13.9. The van der Waals surface area contributed by atoms with Crippen LogP contribution in [-0.2, 0) is 14.4 Å². The molecule has 10 heteroatoms. The third kappa shape index (κ3) is 4.81. The van der Waals surface area contributed by atoms with Crippen molar-refractivity contribution in [2.75, 3.05) is 25.1 Å². The highest BCUT2D eigenvalue weighted by Crippen LogP contribution is 2.67. The summed E-state index contributed by atoms with van der Waals surface area (Å²) in [4.78, 5) is 42.5. The highest BCUT2D eigenvalue weighted by atomic mass is 79.9. The third-order valence-electron chi connectivity index (χ3n) is 6.83. The molecule has 1 aromatic rings. The molecular formula is C25H34BrN3O5S. The number of rotatable bonds is 8. The van der Waals surface area contributed by atoms with Gasteiger partial charge in [0.1, 0.15) is 11.8 Å². The molecule has 3 aliphatic heterocycles. The summed E-state index contributed by atoms with van der Waals surface area (Å²) >= 11 is 5.36. The van der Waals surface area contributed by atoms with Gasteiger partial charge in [-0.15, -0.1) is 11.8 Å². The number of aliphatic hydroxyl groups excluding tert-OH is 1. The molecule has 0 saturated carbocycles. The molecule has 0 aliphatic carbocycles. The molecule has 3 fully saturated rings. The summed E-state index contributed by atoms with van der Waals surface area (Å²) < 4.78 is 4.78. The van der Waals surface area contributed by atoms with Gasteiger partial charge in [-0.1, -0.05) is 15.9 Å².